The highest BCUT2D eigenvalue weighted by Crippen LogP contribution is 2.10. The summed E-state index contributed by atoms with van der Waals surface area (Å²) in [5, 5.41) is 2.65. The molecule has 0 saturated carbocycles. The topological polar surface area (TPSA) is 64.6 Å². The van der Waals surface area contributed by atoms with Crippen LogP contribution in [0.3, 0.4) is 0 Å². The highest BCUT2D eigenvalue weighted by molar-refractivity contribution is 5.74. The summed E-state index contributed by atoms with van der Waals surface area (Å²) in [4.78, 5) is 24.0. The number of nitrogens with one attached hydrogen (secondary N) is 1. The van der Waals surface area contributed by atoms with Gasteiger partial charge in [-0.1, -0.05) is 60.7 Å². The van der Waals surface area contributed by atoms with Gasteiger partial charge in [0, 0.05) is 6.54 Å². The zero-order valence-corrected chi connectivity index (χ0v) is 14.3. The first-order chi connectivity index (χ1) is 12.2. The van der Waals surface area contributed by atoms with Crippen LogP contribution in [0.4, 0.5) is 4.79 Å². The van der Waals surface area contributed by atoms with Gasteiger partial charge in [0.05, 0.1) is 12.5 Å². The van der Waals surface area contributed by atoms with E-state index in [4.69, 9.17) is 9.47 Å². The van der Waals surface area contributed by atoms with Crippen LogP contribution in [0.15, 0.2) is 60.7 Å². The van der Waals surface area contributed by atoms with Gasteiger partial charge in [-0.15, -0.1) is 0 Å². The molecule has 0 spiro atoms. The van der Waals surface area contributed by atoms with Gasteiger partial charge < -0.3 is 14.8 Å². The van der Waals surface area contributed by atoms with E-state index in [1.807, 2.05) is 60.7 Å². The fraction of sp³-hybridized carbons (Fsp3) is 0.300. The molecule has 2 rings (SSSR count). The first kappa shape index (κ1) is 18.5. The van der Waals surface area contributed by atoms with Gasteiger partial charge in [0.25, 0.3) is 0 Å². The summed E-state index contributed by atoms with van der Waals surface area (Å²) in [6.45, 7) is 2.43. The van der Waals surface area contributed by atoms with Crippen LogP contribution in [-0.4, -0.2) is 25.2 Å². The van der Waals surface area contributed by atoms with Crippen LogP contribution in [0.5, 0.6) is 0 Å². The maximum absolute atomic E-state index is 12.1. The average Bonchev–Trinajstić information content (AvgIpc) is 2.65. The van der Waals surface area contributed by atoms with Crippen molar-refractivity contribution in [2.75, 3.05) is 13.2 Å². The molecular formula is C20H23NO4. The van der Waals surface area contributed by atoms with E-state index < -0.39 is 12.0 Å². The lowest BCUT2D eigenvalue weighted by Gasteiger charge is -2.16. The number of carbonyl (C=O) groups excluding carboxylic acids is 2. The van der Waals surface area contributed by atoms with Crippen molar-refractivity contribution in [3.8, 4) is 0 Å². The van der Waals surface area contributed by atoms with E-state index in [9.17, 15) is 9.59 Å². The van der Waals surface area contributed by atoms with Crippen molar-refractivity contribution in [3.05, 3.63) is 71.8 Å². The molecule has 1 amide bonds. The highest BCUT2D eigenvalue weighted by Gasteiger charge is 2.21. The molecule has 0 saturated heterocycles. The Balaban J connectivity index is 1.85. The van der Waals surface area contributed by atoms with Gasteiger partial charge in [0.1, 0.15) is 6.61 Å². The zero-order chi connectivity index (χ0) is 17.9. The summed E-state index contributed by atoms with van der Waals surface area (Å²) in [5.74, 6) is -0.777. The fourth-order valence-corrected chi connectivity index (χ4v) is 2.38. The lowest BCUT2D eigenvalue weighted by molar-refractivity contribution is -0.147. The predicted octanol–water partition coefficient (Wildman–Crippen LogP) is 3.33. The SMILES string of the molecule is CCOC(=O)C(CNC(=O)OCc1ccccc1)Cc1ccccc1. The Hall–Kier alpha value is -2.82. The van der Waals surface area contributed by atoms with Gasteiger partial charge >= 0.3 is 12.1 Å². The molecule has 0 aliphatic carbocycles. The minimum atomic E-state index is -0.550. The number of hydrogen-bond acceptors (Lipinski definition) is 4. The first-order valence-electron chi connectivity index (χ1n) is 8.34. The van der Waals surface area contributed by atoms with Crippen molar-refractivity contribution >= 4 is 12.1 Å². The number of esters is 1. The molecule has 0 aliphatic rings. The van der Waals surface area contributed by atoms with E-state index in [1.54, 1.807) is 6.92 Å². The largest absolute Gasteiger partial charge is 0.466 e. The van der Waals surface area contributed by atoms with Gasteiger partial charge in [-0.2, -0.15) is 0 Å². The first-order valence-corrected chi connectivity index (χ1v) is 8.34. The summed E-state index contributed by atoms with van der Waals surface area (Å²) in [6.07, 6.45) is -0.0512. The van der Waals surface area contributed by atoms with Crippen LogP contribution in [0.25, 0.3) is 0 Å². The van der Waals surface area contributed by atoms with Crippen molar-refractivity contribution in [1.29, 1.82) is 0 Å². The van der Waals surface area contributed by atoms with E-state index in [2.05, 4.69) is 5.32 Å². The molecule has 132 valence electrons. The molecule has 5 heteroatoms. The molecule has 5 nitrogen and oxygen atoms in total. The number of benzene rings is 2. The Kier molecular flexibility index (Phi) is 7.50. The van der Waals surface area contributed by atoms with Gasteiger partial charge in [0.2, 0.25) is 0 Å². The van der Waals surface area contributed by atoms with Gasteiger partial charge in [-0.25, -0.2) is 4.79 Å². The summed E-state index contributed by atoms with van der Waals surface area (Å²) >= 11 is 0. The Bertz CT molecular complexity index is 658. The minimum absolute atomic E-state index is 0.168. The smallest absolute Gasteiger partial charge is 0.407 e. The summed E-state index contributed by atoms with van der Waals surface area (Å²) in [7, 11) is 0. The predicted molar refractivity (Wildman–Crippen MR) is 94.9 cm³/mol. The molecular weight excluding hydrogens is 318 g/mol. The minimum Gasteiger partial charge on any atom is -0.466 e. The van der Waals surface area contributed by atoms with Crippen LogP contribution < -0.4 is 5.32 Å². The molecule has 0 radical (unpaired) electrons. The van der Waals surface area contributed by atoms with Crippen LogP contribution in [0, 0.1) is 5.92 Å². The third kappa shape index (κ3) is 6.67. The second-order valence-corrected chi connectivity index (χ2v) is 5.58. The third-order valence-corrected chi connectivity index (χ3v) is 3.65. The summed E-state index contributed by atoms with van der Waals surface area (Å²) in [6, 6.07) is 19.1. The Morgan fingerprint density at radius 3 is 2.12 bits per heavy atom. The van der Waals surface area contributed by atoms with E-state index in [0.29, 0.717) is 13.0 Å². The molecule has 1 N–H and O–H groups in total. The Labute approximate surface area is 148 Å². The second kappa shape index (κ2) is 10.1. The zero-order valence-electron chi connectivity index (χ0n) is 14.3. The molecule has 0 aromatic heterocycles. The van der Waals surface area contributed by atoms with E-state index in [1.165, 1.54) is 0 Å². The van der Waals surface area contributed by atoms with E-state index >= 15 is 0 Å². The van der Waals surface area contributed by atoms with Crippen molar-refractivity contribution in [2.24, 2.45) is 5.92 Å². The molecule has 25 heavy (non-hydrogen) atoms. The van der Waals surface area contributed by atoms with E-state index in [-0.39, 0.29) is 19.1 Å². The number of ether oxygens (including phenoxy) is 2. The van der Waals surface area contributed by atoms with Crippen molar-refractivity contribution < 1.29 is 19.1 Å². The highest BCUT2D eigenvalue weighted by atomic mass is 16.5. The van der Waals surface area contributed by atoms with E-state index in [0.717, 1.165) is 11.1 Å². The number of alkyl carbamates (subject to hydrolysis) is 1. The quantitative estimate of drug-likeness (QED) is 0.748. The fourth-order valence-electron chi connectivity index (χ4n) is 2.38. The Morgan fingerprint density at radius 2 is 1.52 bits per heavy atom. The lowest BCUT2D eigenvalue weighted by Crippen LogP contribution is -2.35. The van der Waals surface area contributed by atoms with Crippen LogP contribution in [0.1, 0.15) is 18.1 Å². The number of rotatable bonds is 8. The molecule has 0 heterocycles. The molecule has 0 aliphatic heterocycles. The lowest BCUT2D eigenvalue weighted by atomic mass is 9.99. The second-order valence-electron chi connectivity index (χ2n) is 5.58. The molecule has 0 fully saturated rings. The van der Waals surface area contributed by atoms with Crippen molar-refractivity contribution in [2.45, 2.75) is 20.0 Å². The summed E-state index contributed by atoms with van der Waals surface area (Å²) < 4.78 is 10.3. The van der Waals surface area contributed by atoms with Crippen LogP contribution in [0.2, 0.25) is 0 Å². The number of hydrogen-bond donors (Lipinski definition) is 1. The van der Waals surface area contributed by atoms with Gasteiger partial charge in [-0.05, 0) is 24.5 Å². The maximum atomic E-state index is 12.1. The van der Waals surface area contributed by atoms with Gasteiger partial charge in [-0.3, -0.25) is 4.79 Å². The van der Waals surface area contributed by atoms with Gasteiger partial charge in [0.15, 0.2) is 0 Å². The average molecular weight is 341 g/mol. The van der Waals surface area contributed by atoms with Crippen LogP contribution in [-0.2, 0) is 27.3 Å². The summed E-state index contributed by atoms with van der Waals surface area (Å²) in [5.41, 5.74) is 1.92. The maximum Gasteiger partial charge on any atom is 0.407 e. The van der Waals surface area contributed by atoms with Crippen LogP contribution >= 0.6 is 0 Å². The number of carbonyl (C=O) groups is 2. The molecule has 2 aromatic rings. The monoisotopic (exact) mass is 341 g/mol. The molecule has 0 bridgehead atoms. The third-order valence-electron chi connectivity index (χ3n) is 3.65. The molecule has 1 atom stereocenters. The Morgan fingerprint density at radius 1 is 0.920 bits per heavy atom. The van der Waals surface area contributed by atoms with Crippen molar-refractivity contribution in [3.63, 3.8) is 0 Å². The molecule has 2 aromatic carbocycles. The normalized spacial score (nSPS) is 11.4. The van der Waals surface area contributed by atoms with Crippen molar-refractivity contribution in [1.82, 2.24) is 5.32 Å². The number of amides is 1. The standard InChI is InChI=1S/C20H23NO4/c1-2-24-19(22)18(13-16-9-5-3-6-10-16)14-21-20(23)25-15-17-11-7-4-8-12-17/h3-12,18H,2,13-15H2,1H3,(H,21,23). The molecule has 1 unspecified atom stereocenters.